The summed E-state index contributed by atoms with van der Waals surface area (Å²) in [5, 5.41) is 3.14. The molecule has 0 unspecified atom stereocenters. The molecular formula is C14H18N2. The van der Waals surface area contributed by atoms with E-state index in [0.29, 0.717) is 0 Å². The SMILES string of the molecule is C=CC1=C(N=C)NC2=C=C=CC=C2C1.CC.[HH]. The van der Waals surface area contributed by atoms with Crippen molar-refractivity contribution in [1.29, 1.82) is 0 Å². The third kappa shape index (κ3) is 2.32. The topological polar surface area (TPSA) is 24.4 Å². The Bertz CT molecular complexity index is 468. The van der Waals surface area contributed by atoms with Crippen LogP contribution in [0.15, 0.2) is 63.9 Å². The van der Waals surface area contributed by atoms with Gasteiger partial charge in [0.05, 0.1) is 5.70 Å². The standard InChI is InChI=1S/C12H10N2.C2H6.H2/c1-3-9-8-10-6-4-5-7-11(10)14-12(9)13-2;1-2;/h3-4,6,14H,1-2,8H2;1-2H3;1H. The molecule has 1 heterocycles. The maximum Gasteiger partial charge on any atom is 0.133 e. The maximum absolute atomic E-state index is 3.91. The van der Waals surface area contributed by atoms with Crippen LogP contribution in [0, 0.1) is 0 Å². The van der Waals surface area contributed by atoms with Crippen molar-refractivity contribution in [1.82, 2.24) is 5.32 Å². The first-order valence-electron chi connectivity index (χ1n) is 5.35. The quantitative estimate of drug-likeness (QED) is 0.552. The van der Waals surface area contributed by atoms with E-state index >= 15 is 0 Å². The summed E-state index contributed by atoms with van der Waals surface area (Å²) in [6.07, 6.45) is 6.50. The Labute approximate surface area is 98.3 Å². The van der Waals surface area contributed by atoms with Gasteiger partial charge in [0.25, 0.3) is 0 Å². The first kappa shape index (κ1) is 12.1. The van der Waals surface area contributed by atoms with Crippen LogP contribution in [-0.2, 0) is 0 Å². The maximum atomic E-state index is 3.91. The van der Waals surface area contributed by atoms with Crippen LogP contribution in [0.1, 0.15) is 21.7 Å². The van der Waals surface area contributed by atoms with Gasteiger partial charge in [-0.25, -0.2) is 4.99 Å². The van der Waals surface area contributed by atoms with Crippen LogP contribution in [0.25, 0.3) is 0 Å². The summed E-state index contributed by atoms with van der Waals surface area (Å²) in [4.78, 5) is 3.91. The molecular weight excluding hydrogens is 196 g/mol. The van der Waals surface area contributed by atoms with E-state index in [4.69, 9.17) is 0 Å². The summed E-state index contributed by atoms with van der Waals surface area (Å²) in [7, 11) is 0. The van der Waals surface area contributed by atoms with Gasteiger partial charge in [0, 0.05) is 7.85 Å². The van der Waals surface area contributed by atoms with Crippen molar-refractivity contribution in [2.24, 2.45) is 4.99 Å². The molecule has 0 aromatic heterocycles. The minimum atomic E-state index is 0. The minimum absolute atomic E-state index is 0. The van der Waals surface area contributed by atoms with Crippen molar-refractivity contribution in [3.05, 3.63) is 58.9 Å². The Morgan fingerprint density at radius 1 is 1.56 bits per heavy atom. The highest BCUT2D eigenvalue weighted by Crippen LogP contribution is 2.27. The average Bonchev–Trinajstić information content (AvgIpc) is 2.39. The molecule has 2 heteroatoms. The molecule has 16 heavy (non-hydrogen) atoms. The van der Waals surface area contributed by atoms with Gasteiger partial charge in [-0.1, -0.05) is 32.2 Å². The number of hydrogen-bond donors (Lipinski definition) is 1. The van der Waals surface area contributed by atoms with E-state index in [2.05, 4.69) is 35.1 Å². The summed E-state index contributed by atoms with van der Waals surface area (Å²) in [5.41, 5.74) is 9.08. The third-order valence-electron chi connectivity index (χ3n) is 2.22. The van der Waals surface area contributed by atoms with Crippen molar-refractivity contribution < 1.29 is 1.43 Å². The lowest BCUT2D eigenvalue weighted by atomic mass is 9.97. The Kier molecular flexibility index (Phi) is 4.35. The predicted octanol–water partition coefficient (Wildman–Crippen LogP) is 3.48. The average molecular weight is 214 g/mol. The lowest BCUT2D eigenvalue weighted by molar-refractivity contribution is 0.867. The van der Waals surface area contributed by atoms with Gasteiger partial charge in [-0.15, -0.1) is 0 Å². The molecule has 2 nitrogen and oxygen atoms in total. The van der Waals surface area contributed by atoms with E-state index in [1.807, 2.05) is 26.0 Å². The highest BCUT2D eigenvalue weighted by molar-refractivity contribution is 5.48. The second-order valence-electron chi connectivity index (χ2n) is 3.04. The summed E-state index contributed by atoms with van der Waals surface area (Å²) in [6, 6.07) is 0. The first-order valence-corrected chi connectivity index (χ1v) is 5.35. The smallest absolute Gasteiger partial charge is 0.133 e. The van der Waals surface area contributed by atoms with Crippen LogP contribution in [0.5, 0.6) is 0 Å². The summed E-state index contributed by atoms with van der Waals surface area (Å²) in [5.74, 6) is 0.767. The molecule has 0 fully saturated rings. The molecule has 0 atom stereocenters. The van der Waals surface area contributed by atoms with E-state index in [1.54, 1.807) is 6.08 Å². The molecule has 2 aliphatic rings. The fraction of sp³-hybridized carbons (Fsp3) is 0.214. The second-order valence-corrected chi connectivity index (χ2v) is 3.04. The summed E-state index contributed by atoms with van der Waals surface area (Å²) in [6.45, 7) is 11.3. The Balaban J connectivity index is 0.000000811. The number of nitrogens with zero attached hydrogens (tertiary/aromatic N) is 1. The molecule has 0 aromatic carbocycles. The predicted molar refractivity (Wildman–Crippen MR) is 71.2 cm³/mol. The zero-order valence-electron chi connectivity index (χ0n) is 9.80. The number of hydrogen-bond acceptors (Lipinski definition) is 2. The Hall–Kier alpha value is -2.01. The fourth-order valence-corrected chi connectivity index (χ4v) is 1.48. The molecule has 0 spiro atoms. The number of rotatable bonds is 2. The Morgan fingerprint density at radius 2 is 2.31 bits per heavy atom. The highest BCUT2D eigenvalue weighted by Gasteiger charge is 2.17. The number of nitrogens with one attached hydrogen (secondary N) is 1. The van der Waals surface area contributed by atoms with E-state index in [0.717, 1.165) is 23.5 Å². The van der Waals surface area contributed by atoms with Gasteiger partial charge >= 0.3 is 0 Å². The number of allylic oxidation sites excluding steroid dienone is 5. The van der Waals surface area contributed by atoms with Gasteiger partial charge in [0.1, 0.15) is 5.82 Å². The van der Waals surface area contributed by atoms with Gasteiger partial charge in [-0.3, -0.25) is 0 Å². The Morgan fingerprint density at radius 3 is 2.94 bits per heavy atom. The molecule has 84 valence electrons. The van der Waals surface area contributed by atoms with Gasteiger partial charge in [0.15, 0.2) is 0 Å². The second kappa shape index (κ2) is 5.77. The molecule has 0 aromatic rings. The lowest BCUT2D eigenvalue weighted by Crippen LogP contribution is -2.20. The highest BCUT2D eigenvalue weighted by atomic mass is 15.0. The lowest BCUT2D eigenvalue weighted by Gasteiger charge is -2.21. The largest absolute Gasteiger partial charge is 0.333 e. The van der Waals surface area contributed by atoms with Gasteiger partial charge in [0.2, 0.25) is 0 Å². The van der Waals surface area contributed by atoms with Gasteiger partial charge in [-0.05, 0) is 35.7 Å². The van der Waals surface area contributed by atoms with Crippen molar-refractivity contribution in [2.45, 2.75) is 20.3 Å². The van der Waals surface area contributed by atoms with Crippen LogP contribution in [0.3, 0.4) is 0 Å². The van der Waals surface area contributed by atoms with Crippen molar-refractivity contribution in [3.8, 4) is 0 Å². The van der Waals surface area contributed by atoms with Crippen LogP contribution in [0.2, 0.25) is 0 Å². The van der Waals surface area contributed by atoms with Crippen molar-refractivity contribution in [2.75, 3.05) is 0 Å². The van der Waals surface area contributed by atoms with E-state index in [1.165, 1.54) is 5.57 Å². The summed E-state index contributed by atoms with van der Waals surface area (Å²) < 4.78 is 0. The van der Waals surface area contributed by atoms with Crippen LogP contribution < -0.4 is 5.32 Å². The van der Waals surface area contributed by atoms with E-state index in [-0.39, 0.29) is 1.43 Å². The summed E-state index contributed by atoms with van der Waals surface area (Å²) >= 11 is 0. The van der Waals surface area contributed by atoms with Crippen LogP contribution in [0.4, 0.5) is 0 Å². The van der Waals surface area contributed by atoms with Crippen LogP contribution >= 0.6 is 0 Å². The van der Waals surface area contributed by atoms with Crippen LogP contribution in [-0.4, -0.2) is 6.72 Å². The fourth-order valence-electron chi connectivity index (χ4n) is 1.48. The zero-order chi connectivity index (χ0) is 12.0. The molecule has 2 rings (SSSR count). The molecule has 1 N–H and O–H groups in total. The minimum Gasteiger partial charge on any atom is -0.333 e. The molecule has 0 saturated heterocycles. The molecule has 1 aliphatic heterocycles. The zero-order valence-corrected chi connectivity index (χ0v) is 9.80. The van der Waals surface area contributed by atoms with E-state index < -0.39 is 0 Å². The molecule has 0 radical (unpaired) electrons. The normalized spacial score (nSPS) is 16.1. The first-order chi connectivity index (χ1) is 7.85. The van der Waals surface area contributed by atoms with Gasteiger partial charge < -0.3 is 5.32 Å². The molecule has 1 aliphatic carbocycles. The van der Waals surface area contributed by atoms with Gasteiger partial charge in [-0.2, -0.15) is 0 Å². The number of fused-ring (bicyclic) bond motifs is 1. The monoisotopic (exact) mass is 214 g/mol. The molecule has 0 saturated carbocycles. The third-order valence-corrected chi connectivity index (χ3v) is 2.22. The van der Waals surface area contributed by atoms with Crippen molar-refractivity contribution in [3.63, 3.8) is 0 Å². The van der Waals surface area contributed by atoms with E-state index in [9.17, 15) is 0 Å². The molecule has 0 bridgehead atoms. The molecule has 0 amide bonds. The number of aliphatic imine (C=N–C) groups is 1. The van der Waals surface area contributed by atoms with Crippen molar-refractivity contribution >= 4 is 6.72 Å².